The van der Waals surface area contributed by atoms with Gasteiger partial charge in [-0.05, 0) is 0 Å². The van der Waals surface area contributed by atoms with Gasteiger partial charge in [-0.15, -0.1) is 0 Å². The zero-order valence-corrected chi connectivity index (χ0v) is 7.00. The van der Waals surface area contributed by atoms with Crippen molar-refractivity contribution in [3.8, 4) is 0 Å². The highest BCUT2D eigenvalue weighted by molar-refractivity contribution is 7.85. The van der Waals surface area contributed by atoms with Crippen molar-refractivity contribution < 1.29 is 30.5 Å². The molecule has 8 heteroatoms. The number of benzene rings is 1. The third kappa shape index (κ3) is 1.70. The number of rotatable bonds is 1. The maximum absolute atomic E-state index is 12.6. The molecule has 1 radical (unpaired) electrons. The Hall–Kier alpha value is -1.15. The Bertz CT molecular complexity index is 482. The molecule has 0 bridgehead atoms. The van der Waals surface area contributed by atoms with Crippen LogP contribution >= 0.6 is 0 Å². The topological polar surface area (TPSA) is 54.4 Å². The van der Waals surface area contributed by atoms with Crippen molar-refractivity contribution in [1.82, 2.24) is 0 Å². The summed E-state index contributed by atoms with van der Waals surface area (Å²) in [6.07, 6.45) is 0. The maximum atomic E-state index is 12.6. The van der Waals surface area contributed by atoms with E-state index in [1.807, 2.05) is 0 Å². The van der Waals surface area contributed by atoms with Gasteiger partial charge in [0.05, 0.1) is 0 Å². The molecule has 0 saturated carbocycles. The van der Waals surface area contributed by atoms with Crippen molar-refractivity contribution in [2.75, 3.05) is 0 Å². The molecule has 3 nitrogen and oxygen atoms in total. The largest absolute Gasteiger partial charge is 0.298 e. The first-order valence-electron chi connectivity index (χ1n) is 2.98. The fraction of sp³-hybridized carbons (Fsp3) is 0. The van der Waals surface area contributed by atoms with Gasteiger partial charge in [0.15, 0.2) is 23.3 Å². The Morgan fingerprint density at radius 1 is 1.00 bits per heavy atom. The molecule has 0 spiro atoms. The average molecular weight is 229 g/mol. The highest BCUT2D eigenvalue weighted by Gasteiger charge is 2.26. The Kier molecular flexibility index (Phi) is 2.50. The van der Waals surface area contributed by atoms with E-state index in [0.717, 1.165) is 6.07 Å². The van der Waals surface area contributed by atoms with Crippen LogP contribution in [0, 0.1) is 29.3 Å². The molecule has 0 aliphatic rings. The lowest BCUT2D eigenvalue weighted by atomic mass is 10.3. The highest BCUT2D eigenvalue weighted by atomic mass is 32.2. The third-order valence-corrected chi connectivity index (χ3v) is 2.06. The van der Waals surface area contributed by atoms with E-state index in [1.165, 1.54) is 0 Å². The summed E-state index contributed by atoms with van der Waals surface area (Å²) in [4.78, 5) is -1.77. The van der Waals surface area contributed by atoms with Crippen LogP contribution in [0.5, 0.6) is 0 Å². The molecule has 1 aromatic carbocycles. The summed E-state index contributed by atoms with van der Waals surface area (Å²) in [5.41, 5.74) is 0. The average Bonchev–Trinajstić information content (AvgIpc) is 2.06. The van der Waals surface area contributed by atoms with E-state index < -0.39 is 38.3 Å². The molecule has 0 saturated heterocycles. The monoisotopic (exact) mass is 229 g/mol. The van der Waals surface area contributed by atoms with Crippen LogP contribution in [0.2, 0.25) is 0 Å². The molecule has 1 N–H and O–H groups in total. The van der Waals surface area contributed by atoms with Crippen LogP contribution < -0.4 is 0 Å². The van der Waals surface area contributed by atoms with Crippen LogP contribution in [-0.2, 0) is 10.1 Å². The molecule has 0 atom stereocenters. The van der Waals surface area contributed by atoms with Gasteiger partial charge < -0.3 is 0 Å². The van der Waals surface area contributed by atoms with Gasteiger partial charge in [0.1, 0.15) is 4.90 Å². The van der Waals surface area contributed by atoms with E-state index in [-0.39, 0.29) is 0 Å². The Morgan fingerprint density at radius 2 is 1.50 bits per heavy atom. The molecule has 0 amide bonds. The fourth-order valence-electron chi connectivity index (χ4n) is 0.680. The summed E-state index contributed by atoms with van der Waals surface area (Å²) in [5.74, 6) is -8.77. The third-order valence-electron chi connectivity index (χ3n) is 1.26. The minimum Gasteiger partial charge on any atom is -0.282 e. The van der Waals surface area contributed by atoms with E-state index in [0.29, 0.717) is 0 Å². The molecular formula is C6HF4O3S. The summed E-state index contributed by atoms with van der Waals surface area (Å²) in [5, 5.41) is 0. The van der Waals surface area contributed by atoms with Gasteiger partial charge in [-0.1, -0.05) is 0 Å². The predicted octanol–water partition coefficient (Wildman–Crippen LogP) is 1.29. The first-order chi connectivity index (χ1) is 6.25. The van der Waals surface area contributed by atoms with E-state index in [4.69, 9.17) is 4.55 Å². The molecule has 14 heavy (non-hydrogen) atoms. The molecule has 0 heterocycles. The molecule has 0 fully saturated rings. The van der Waals surface area contributed by atoms with Gasteiger partial charge in [0.25, 0.3) is 10.1 Å². The van der Waals surface area contributed by atoms with Crippen molar-refractivity contribution in [2.24, 2.45) is 0 Å². The summed E-state index contributed by atoms with van der Waals surface area (Å²) in [6, 6.07) is 1.03. The molecule has 0 aromatic heterocycles. The minimum atomic E-state index is -5.17. The molecule has 77 valence electrons. The second-order valence-corrected chi connectivity index (χ2v) is 3.54. The van der Waals surface area contributed by atoms with E-state index in [9.17, 15) is 26.0 Å². The summed E-state index contributed by atoms with van der Waals surface area (Å²) >= 11 is 0. The van der Waals surface area contributed by atoms with Gasteiger partial charge in [-0.3, -0.25) is 4.55 Å². The van der Waals surface area contributed by atoms with E-state index in [1.54, 1.807) is 0 Å². The second kappa shape index (κ2) is 3.21. The van der Waals surface area contributed by atoms with Crippen LogP contribution in [0.3, 0.4) is 0 Å². The van der Waals surface area contributed by atoms with Gasteiger partial charge in [0.2, 0.25) is 0 Å². The van der Waals surface area contributed by atoms with Gasteiger partial charge >= 0.3 is 0 Å². The standard InChI is InChI=1S/C6HF4O3S/c7-2-1-3(14(11,12)13)5(9)6(10)4(2)8/h(H,11,12,13). The van der Waals surface area contributed by atoms with Crippen molar-refractivity contribution in [1.29, 1.82) is 0 Å². The van der Waals surface area contributed by atoms with Gasteiger partial charge in [-0.25, -0.2) is 17.6 Å². The molecule has 1 rings (SSSR count). The zero-order valence-electron chi connectivity index (χ0n) is 6.18. The first kappa shape index (κ1) is 10.9. The Morgan fingerprint density at radius 3 is 1.93 bits per heavy atom. The van der Waals surface area contributed by atoms with Crippen LogP contribution in [0.1, 0.15) is 0 Å². The van der Waals surface area contributed by atoms with Crippen molar-refractivity contribution in [2.45, 2.75) is 4.90 Å². The highest BCUT2D eigenvalue weighted by Crippen LogP contribution is 2.21. The van der Waals surface area contributed by atoms with Crippen molar-refractivity contribution in [3.05, 3.63) is 29.3 Å². The summed E-state index contributed by atoms with van der Waals surface area (Å²) < 4.78 is 78.4. The number of hydrogen-bond donors (Lipinski definition) is 1. The van der Waals surface area contributed by atoms with E-state index >= 15 is 0 Å². The van der Waals surface area contributed by atoms with Crippen LogP contribution in [0.15, 0.2) is 4.90 Å². The molecule has 0 aliphatic heterocycles. The summed E-state index contributed by atoms with van der Waals surface area (Å²) in [7, 11) is -5.17. The number of halogens is 4. The summed E-state index contributed by atoms with van der Waals surface area (Å²) in [6.45, 7) is 0. The lowest BCUT2D eigenvalue weighted by Crippen LogP contribution is -2.07. The minimum absolute atomic E-state index is 1.03. The molecule has 1 aromatic rings. The first-order valence-corrected chi connectivity index (χ1v) is 4.42. The fourth-order valence-corrected chi connectivity index (χ4v) is 1.21. The van der Waals surface area contributed by atoms with Crippen LogP contribution in [0.4, 0.5) is 17.6 Å². The lowest BCUT2D eigenvalue weighted by Gasteiger charge is -2.01. The normalized spacial score (nSPS) is 11.8. The van der Waals surface area contributed by atoms with Gasteiger partial charge in [-0.2, -0.15) is 8.42 Å². The van der Waals surface area contributed by atoms with Gasteiger partial charge in [0, 0.05) is 6.07 Å². The molecular weight excluding hydrogens is 228 g/mol. The molecule has 0 unspecified atom stereocenters. The molecule has 0 aliphatic carbocycles. The second-order valence-electron chi connectivity index (χ2n) is 2.19. The van der Waals surface area contributed by atoms with Crippen molar-refractivity contribution >= 4 is 10.1 Å². The van der Waals surface area contributed by atoms with Crippen LogP contribution in [0.25, 0.3) is 0 Å². The quantitative estimate of drug-likeness (QED) is 0.341. The van der Waals surface area contributed by atoms with E-state index in [2.05, 4.69) is 0 Å². The zero-order chi connectivity index (χ0) is 11.1. The van der Waals surface area contributed by atoms with Crippen molar-refractivity contribution in [3.63, 3.8) is 0 Å². The SMILES string of the molecule is O=S(=O)(O)c1[c]c(F)c(F)c(F)c1F. The van der Waals surface area contributed by atoms with Crippen LogP contribution in [-0.4, -0.2) is 13.0 Å². The predicted molar refractivity (Wildman–Crippen MR) is 34.9 cm³/mol. The maximum Gasteiger partial charge on any atom is 0.298 e. The smallest absolute Gasteiger partial charge is 0.282 e. The Balaban J connectivity index is 3.66. The number of hydrogen-bond acceptors (Lipinski definition) is 2. The Labute approximate surface area is 75.7 Å². The lowest BCUT2D eigenvalue weighted by molar-refractivity contribution is 0.389.